The summed E-state index contributed by atoms with van der Waals surface area (Å²) in [5.41, 5.74) is 8.99. The number of amides is 1. The number of imidazole rings is 1. The lowest BCUT2D eigenvalue weighted by Crippen LogP contribution is -2.14. The third-order valence-corrected chi connectivity index (χ3v) is 4.36. The highest BCUT2D eigenvalue weighted by Gasteiger charge is 2.16. The molecule has 4 aromatic rings. The van der Waals surface area contributed by atoms with E-state index in [0.29, 0.717) is 5.95 Å². The van der Waals surface area contributed by atoms with Gasteiger partial charge in [0.25, 0.3) is 5.56 Å². The minimum absolute atomic E-state index is 0.0221. The van der Waals surface area contributed by atoms with Crippen molar-refractivity contribution in [3.8, 4) is 11.1 Å². The number of anilines is 4. The lowest BCUT2D eigenvalue weighted by atomic mass is 10.1. The molecular formula is C20H19N7O3. The minimum Gasteiger partial charge on any atom is -0.412 e. The van der Waals surface area contributed by atoms with Gasteiger partial charge in [0.2, 0.25) is 23.5 Å². The molecule has 4 rings (SSSR count). The number of hydrogen-bond donors (Lipinski definition) is 4. The number of fused-ring (bicyclic) bond motifs is 1. The van der Waals surface area contributed by atoms with Gasteiger partial charge in [-0.05, 0) is 35.4 Å². The lowest BCUT2D eigenvalue weighted by molar-refractivity contribution is -0.114. The van der Waals surface area contributed by atoms with Crippen molar-refractivity contribution in [2.24, 2.45) is 0 Å². The van der Waals surface area contributed by atoms with E-state index in [1.54, 1.807) is 0 Å². The Morgan fingerprint density at radius 2 is 1.63 bits per heavy atom. The highest BCUT2D eigenvalue weighted by molar-refractivity contribution is 5.89. The maximum Gasteiger partial charge on any atom is 0.280 e. The predicted molar refractivity (Wildman–Crippen MR) is 115 cm³/mol. The molecule has 2 aromatic carbocycles. The van der Waals surface area contributed by atoms with Crippen molar-refractivity contribution in [1.82, 2.24) is 19.7 Å². The maximum atomic E-state index is 12.1. The van der Waals surface area contributed by atoms with Crippen LogP contribution in [0.25, 0.3) is 22.3 Å². The molecule has 0 fully saturated rings. The van der Waals surface area contributed by atoms with Crippen molar-refractivity contribution in [1.29, 1.82) is 0 Å². The molecule has 2 aromatic heterocycles. The molecule has 0 aliphatic carbocycles. The van der Waals surface area contributed by atoms with Gasteiger partial charge < -0.3 is 21.2 Å². The minimum atomic E-state index is -0.450. The van der Waals surface area contributed by atoms with E-state index in [9.17, 15) is 9.59 Å². The van der Waals surface area contributed by atoms with Crippen LogP contribution in [0.1, 0.15) is 6.92 Å². The zero-order valence-corrected chi connectivity index (χ0v) is 16.3. The lowest BCUT2D eigenvalue weighted by Gasteiger charge is -2.09. The number of benzene rings is 2. The van der Waals surface area contributed by atoms with E-state index >= 15 is 0 Å². The van der Waals surface area contributed by atoms with Crippen molar-refractivity contribution < 1.29 is 9.63 Å². The summed E-state index contributed by atoms with van der Waals surface area (Å²) >= 11 is 0. The summed E-state index contributed by atoms with van der Waals surface area (Å²) in [6, 6.07) is 15.2. The summed E-state index contributed by atoms with van der Waals surface area (Å²) in [5, 5.41) is 5.86. The van der Waals surface area contributed by atoms with Gasteiger partial charge in [-0.2, -0.15) is 4.98 Å². The van der Waals surface area contributed by atoms with Crippen molar-refractivity contribution in [3.63, 3.8) is 0 Å². The second kappa shape index (κ2) is 7.59. The Balaban J connectivity index is 1.59. The molecule has 10 heteroatoms. The normalized spacial score (nSPS) is 10.7. The van der Waals surface area contributed by atoms with Crippen LogP contribution in [-0.4, -0.2) is 32.7 Å². The molecule has 10 nitrogen and oxygen atoms in total. The summed E-state index contributed by atoms with van der Waals surface area (Å²) in [7, 11) is 1.44. The fraction of sp³-hybridized carbons (Fsp3) is 0.100. The maximum absolute atomic E-state index is 12.1. The molecule has 0 aliphatic heterocycles. The largest absolute Gasteiger partial charge is 0.412 e. The van der Waals surface area contributed by atoms with Gasteiger partial charge in [-0.15, -0.1) is 4.73 Å². The Hall–Kier alpha value is -4.34. The first-order chi connectivity index (χ1) is 14.4. The van der Waals surface area contributed by atoms with Crippen LogP contribution in [0.15, 0.2) is 53.3 Å². The van der Waals surface area contributed by atoms with Crippen LogP contribution in [0.2, 0.25) is 0 Å². The SMILES string of the molecule is COn1c(Nc2ccc(-c3ccc(NC(C)=O)cc3)cc2)nc2c(=O)[nH]c(N)nc21. The van der Waals surface area contributed by atoms with E-state index in [1.165, 1.54) is 18.8 Å². The zero-order chi connectivity index (χ0) is 21.3. The number of rotatable bonds is 5. The Bertz CT molecular complexity index is 1270. The first-order valence-electron chi connectivity index (χ1n) is 9.02. The predicted octanol–water partition coefficient (Wildman–Crippen LogP) is 2.13. The molecule has 0 radical (unpaired) electrons. The zero-order valence-electron chi connectivity index (χ0n) is 16.3. The Morgan fingerprint density at radius 1 is 1.03 bits per heavy atom. The molecule has 5 N–H and O–H groups in total. The summed E-state index contributed by atoms with van der Waals surface area (Å²) in [4.78, 5) is 39.2. The number of nitrogens with zero attached hydrogens (tertiary/aromatic N) is 3. The van der Waals surface area contributed by atoms with Gasteiger partial charge in [-0.25, -0.2) is 4.98 Å². The monoisotopic (exact) mass is 405 g/mol. The number of nitrogens with one attached hydrogen (secondary N) is 3. The van der Waals surface area contributed by atoms with Crippen LogP contribution in [0.4, 0.5) is 23.3 Å². The summed E-state index contributed by atoms with van der Waals surface area (Å²) in [6.45, 7) is 1.47. The second-order valence-electron chi connectivity index (χ2n) is 6.50. The van der Waals surface area contributed by atoms with E-state index in [1.807, 2.05) is 48.5 Å². The number of aromatic nitrogens is 4. The topological polar surface area (TPSA) is 140 Å². The fourth-order valence-corrected chi connectivity index (χ4v) is 3.04. The third kappa shape index (κ3) is 3.65. The molecule has 2 heterocycles. The molecule has 0 saturated carbocycles. The van der Waals surface area contributed by atoms with E-state index in [4.69, 9.17) is 10.6 Å². The second-order valence-corrected chi connectivity index (χ2v) is 6.50. The van der Waals surface area contributed by atoms with Crippen LogP contribution < -0.4 is 26.8 Å². The third-order valence-electron chi connectivity index (χ3n) is 4.36. The molecule has 0 aliphatic rings. The molecular weight excluding hydrogens is 386 g/mol. The van der Waals surface area contributed by atoms with Crippen molar-refractivity contribution >= 4 is 40.3 Å². The Kier molecular flexibility index (Phi) is 4.80. The number of H-pyrrole nitrogens is 1. The smallest absolute Gasteiger partial charge is 0.280 e. The van der Waals surface area contributed by atoms with Gasteiger partial charge in [-0.3, -0.25) is 14.6 Å². The van der Waals surface area contributed by atoms with Crippen LogP contribution in [-0.2, 0) is 4.79 Å². The first-order valence-corrected chi connectivity index (χ1v) is 9.02. The average Bonchev–Trinajstić information content (AvgIpc) is 3.06. The van der Waals surface area contributed by atoms with E-state index < -0.39 is 5.56 Å². The average molecular weight is 405 g/mol. The highest BCUT2D eigenvalue weighted by Crippen LogP contribution is 2.25. The van der Waals surface area contributed by atoms with Crippen LogP contribution in [0, 0.1) is 0 Å². The first kappa shape index (κ1) is 19.0. The number of hydrogen-bond acceptors (Lipinski definition) is 7. The quantitative estimate of drug-likeness (QED) is 0.399. The van der Waals surface area contributed by atoms with E-state index in [2.05, 4.69) is 25.6 Å². The Morgan fingerprint density at radius 3 is 2.20 bits per heavy atom. The molecule has 0 bridgehead atoms. The number of carbonyl (C=O) groups is 1. The molecule has 1 amide bonds. The number of carbonyl (C=O) groups excluding carboxylic acids is 1. The van der Waals surface area contributed by atoms with Gasteiger partial charge in [-0.1, -0.05) is 24.3 Å². The molecule has 30 heavy (non-hydrogen) atoms. The number of nitrogen functional groups attached to an aromatic ring is 1. The number of nitrogens with two attached hydrogens (primary N) is 1. The van der Waals surface area contributed by atoms with Gasteiger partial charge >= 0.3 is 0 Å². The van der Waals surface area contributed by atoms with Crippen LogP contribution in [0.5, 0.6) is 0 Å². The molecule has 0 spiro atoms. The van der Waals surface area contributed by atoms with Gasteiger partial charge in [0.05, 0.1) is 0 Å². The van der Waals surface area contributed by atoms with Gasteiger partial charge in [0.15, 0.2) is 5.52 Å². The highest BCUT2D eigenvalue weighted by atomic mass is 16.6. The van der Waals surface area contributed by atoms with Gasteiger partial charge in [0, 0.05) is 18.3 Å². The molecule has 0 saturated heterocycles. The van der Waals surface area contributed by atoms with Crippen LogP contribution >= 0.6 is 0 Å². The standard InChI is InChI=1S/C20H19N7O3/c1-11(28)22-14-7-3-12(4-8-14)13-5-9-15(10-6-13)23-20-24-16-17(27(20)30-2)25-19(21)26-18(16)29/h3-10H,1-2H3,(H,22,28)(H,23,24)(H3,21,25,26,29). The van der Waals surface area contributed by atoms with Crippen molar-refractivity contribution in [2.45, 2.75) is 6.92 Å². The number of aromatic amines is 1. The fourth-order valence-electron chi connectivity index (χ4n) is 3.04. The van der Waals surface area contributed by atoms with E-state index in [0.717, 1.165) is 22.5 Å². The summed E-state index contributed by atoms with van der Waals surface area (Å²) < 4.78 is 1.30. The van der Waals surface area contributed by atoms with Crippen molar-refractivity contribution in [2.75, 3.05) is 23.5 Å². The molecule has 0 atom stereocenters. The molecule has 152 valence electrons. The summed E-state index contributed by atoms with van der Waals surface area (Å²) in [6.07, 6.45) is 0. The summed E-state index contributed by atoms with van der Waals surface area (Å²) in [5.74, 6) is 0.162. The Labute approximate surface area is 170 Å². The molecule has 0 unspecified atom stereocenters. The van der Waals surface area contributed by atoms with Crippen molar-refractivity contribution in [3.05, 3.63) is 58.9 Å². The van der Waals surface area contributed by atoms with Gasteiger partial charge in [0.1, 0.15) is 7.11 Å². The van der Waals surface area contributed by atoms with E-state index in [-0.39, 0.29) is 23.0 Å². The van der Waals surface area contributed by atoms with Crippen LogP contribution in [0.3, 0.4) is 0 Å².